The van der Waals surface area contributed by atoms with Crippen LogP contribution in [-0.2, 0) is 0 Å². The van der Waals surface area contributed by atoms with E-state index in [0.29, 0.717) is 32.9 Å². The largest absolute Gasteiger partial charge is 0.478 e. The third-order valence-electron chi connectivity index (χ3n) is 4.49. The van der Waals surface area contributed by atoms with Gasteiger partial charge in [-0.3, -0.25) is 4.79 Å². The first-order chi connectivity index (χ1) is 14.9. The molecule has 5 nitrogen and oxygen atoms in total. The van der Waals surface area contributed by atoms with Crippen LogP contribution in [0.3, 0.4) is 0 Å². The number of carbonyl (C=O) groups is 2. The van der Waals surface area contributed by atoms with Gasteiger partial charge in [0.25, 0.3) is 0 Å². The minimum atomic E-state index is -0.993. The van der Waals surface area contributed by atoms with E-state index in [9.17, 15) is 9.59 Å². The Morgan fingerprint density at radius 2 is 1.58 bits per heavy atom. The molecule has 0 saturated carbocycles. The Kier molecular flexibility index (Phi) is 5.80. The molecule has 0 aliphatic heterocycles. The summed E-state index contributed by atoms with van der Waals surface area (Å²) in [5.41, 5.74) is 1.56. The van der Waals surface area contributed by atoms with E-state index >= 15 is 0 Å². The van der Waals surface area contributed by atoms with Gasteiger partial charge < -0.3 is 13.9 Å². The zero-order valence-electron chi connectivity index (χ0n) is 15.8. The van der Waals surface area contributed by atoms with Crippen LogP contribution in [0.1, 0.15) is 26.7 Å². The lowest BCUT2D eigenvalue weighted by atomic mass is 10.1. The highest BCUT2D eigenvalue weighted by atomic mass is 35.5. The second-order valence-electron chi connectivity index (χ2n) is 6.57. The van der Waals surface area contributed by atoms with Crippen molar-refractivity contribution in [1.82, 2.24) is 0 Å². The van der Waals surface area contributed by atoms with Gasteiger partial charge in [0, 0.05) is 16.1 Å². The van der Waals surface area contributed by atoms with Crippen LogP contribution in [0.5, 0.6) is 0 Å². The average Bonchev–Trinajstić information content (AvgIpc) is 3.42. The number of carboxylic acid groups (broad SMARTS) is 1. The SMILES string of the molecule is O=C(O)c1ccc(-c2ccc(C=CC(=O)c3ccc(-c4ccc(Cl)cc4Cl)o3)o2)cc1. The van der Waals surface area contributed by atoms with Crippen molar-refractivity contribution in [1.29, 1.82) is 0 Å². The van der Waals surface area contributed by atoms with Crippen molar-refractivity contribution in [2.24, 2.45) is 0 Å². The summed E-state index contributed by atoms with van der Waals surface area (Å²) in [6, 6.07) is 18.0. The van der Waals surface area contributed by atoms with Gasteiger partial charge in [0.15, 0.2) is 5.76 Å². The number of carbonyl (C=O) groups excluding carboxylic acids is 1. The molecule has 0 aliphatic carbocycles. The standard InChI is InChI=1S/C24H14Cl2O5/c25-16-5-8-18(19(26)13-16)22-11-12-23(31-22)20(27)9-6-17-7-10-21(30-17)14-1-3-15(4-2-14)24(28)29/h1-13H,(H,28,29). The molecule has 0 atom stereocenters. The molecule has 1 N–H and O–H groups in total. The zero-order chi connectivity index (χ0) is 22.0. The third kappa shape index (κ3) is 4.63. The van der Waals surface area contributed by atoms with Gasteiger partial charge in [-0.2, -0.15) is 0 Å². The molecular formula is C24H14Cl2O5. The topological polar surface area (TPSA) is 80.6 Å². The molecule has 154 valence electrons. The Hall–Kier alpha value is -3.54. The van der Waals surface area contributed by atoms with Crippen LogP contribution in [0.2, 0.25) is 10.0 Å². The lowest BCUT2D eigenvalue weighted by molar-refractivity contribution is 0.0696. The molecule has 7 heteroatoms. The highest BCUT2D eigenvalue weighted by Crippen LogP contribution is 2.31. The summed E-state index contributed by atoms with van der Waals surface area (Å²) in [4.78, 5) is 23.4. The summed E-state index contributed by atoms with van der Waals surface area (Å²) in [5, 5.41) is 9.91. The maximum atomic E-state index is 12.4. The van der Waals surface area contributed by atoms with E-state index in [2.05, 4.69) is 0 Å². The molecule has 0 aliphatic rings. The Balaban J connectivity index is 1.48. The number of benzene rings is 2. The summed E-state index contributed by atoms with van der Waals surface area (Å²) in [6.45, 7) is 0. The molecule has 2 aromatic heterocycles. The van der Waals surface area contributed by atoms with Crippen LogP contribution < -0.4 is 0 Å². The van der Waals surface area contributed by atoms with Crippen molar-refractivity contribution in [3.63, 3.8) is 0 Å². The van der Waals surface area contributed by atoms with Gasteiger partial charge in [-0.05, 0) is 66.7 Å². The number of hydrogen-bond donors (Lipinski definition) is 1. The van der Waals surface area contributed by atoms with Crippen molar-refractivity contribution in [2.75, 3.05) is 0 Å². The highest BCUT2D eigenvalue weighted by Gasteiger charge is 2.13. The van der Waals surface area contributed by atoms with Gasteiger partial charge in [0.2, 0.25) is 5.78 Å². The van der Waals surface area contributed by atoms with Gasteiger partial charge in [-0.1, -0.05) is 35.3 Å². The van der Waals surface area contributed by atoms with E-state index in [0.717, 1.165) is 5.56 Å². The highest BCUT2D eigenvalue weighted by molar-refractivity contribution is 6.36. The average molecular weight is 453 g/mol. The van der Waals surface area contributed by atoms with Crippen molar-refractivity contribution in [2.45, 2.75) is 0 Å². The number of allylic oxidation sites excluding steroid dienone is 1. The van der Waals surface area contributed by atoms with E-state index in [1.807, 2.05) is 0 Å². The summed E-state index contributed by atoms with van der Waals surface area (Å²) in [5.74, 6) is 0.323. The van der Waals surface area contributed by atoms with Crippen molar-refractivity contribution in [3.8, 4) is 22.6 Å². The minimum Gasteiger partial charge on any atom is -0.478 e. The summed E-state index contributed by atoms with van der Waals surface area (Å²) < 4.78 is 11.3. The smallest absolute Gasteiger partial charge is 0.335 e. The predicted octanol–water partition coefficient (Wildman–Crippen LogP) is 7.11. The summed E-state index contributed by atoms with van der Waals surface area (Å²) >= 11 is 12.1. The van der Waals surface area contributed by atoms with Crippen molar-refractivity contribution >= 4 is 41.0 Å². The van der Waals surface area contributed by atoms with Gasteiger partial charge in [-0.15, -0.1) is 0 Å². The van der Waals surface area contributed by atoms with E-state index < -0.39 is 5.97 Å². The molecule has 4 rings (SSSR count). The Bertz CT molecular complexity index is 1300. The fraction of sp³-hybridized carbons (Fsp3) is 0. The van der Waals surface area contributed by atoms with Crippen molar-refractivity contribution < 1.29 is 23.5 Å². The molecule has 0 bridgehead atoms. The first-order valence-corrected chi connectivity index (χ1v) is 9.87. The van der Waals surface area contributed by atoms with Crippen LogP contribution in [0.15, 0.2) is 81.6 Å². The first kappa shape index (κ1) is 20.7. The third-order valence-corrected chi connectivity index (χ3v) is 5.04. The predicted molar refractivity (Wildman–Crippen MR) is 119 cm³/mol. The van der Waals surface area contributed by atoms with Crippen LogP contribution in [-0.4, -0.2) is 16.9 Å². The molecule has 0 spiro atoms. The maximum absolute atomic E-state index is 12.4. The van der Waals surface area contributed by atoms with E-state index in [-0.39, 0.29) is 17.1 Å². The van der Waals surface area contributed by atoms with E-state index in [4.69, 9.17) is 37.1 Å². The molecule has 4 aromatic rings. The van der Waals surface area contributed by atoms with E-state index in [1.54, 1.807) is 54.6 Å². The second kappa shape index (κ2) is 8.68. The molecule has 31 heavy (non-hydrogen) atoms. The van der Waals surface area contributed by atoms with Crippen LogP contribution in [0, 0.1) is 0 Å². The van der Waals surface area contributed by atoms with Gasteiger partial charge in [0.05, 0.1) is 10.6 Å². The molecule has 0 fully saturated rings. The monoisotopic (exact) mass is 452 g/mol. The first-order valence-electron chi connectivity index (χ1n) is 9.12. The molecular weight excluding hydrogens is 439 g/mol. The fourth-order valence-electron chi connectivity index (χ4n) is 2.92. The lowest BCUT2D eigenvalue weighted by Crippen LogP contribution is -1.94. The maximum Gasteiger partial charge on any atom is 0.335 e. The Morgan fingerprint density at radius 1 is 0.839 bits per heavy atom. The van der Waals surface area contributed by atoms with Gasteiger partial charge in [-0.25, -0.2) is 4.79 Å². The number of rotatable bonds is 6. The van der Waals surface area contributed by atoms with Crippen LogP contribution in [0.25, 0.3) is 28.7 Å². The number of carboxylic acids is 1. The number of ketones is 1. The summed E-state index contributed by atoms with van der Waals surface area (Å²) in [6.07, 6.45) is 2.89. The normalized spacial score (nSPS) is 11.2. The molecule has 0 amide bonds. The fourth-order valence-corrected chi connectivity index (χ4v) is 3.42. The van der Waals surface area contributed by atoms with Crippen molar-refractivity contribution in [3.05, 3.63) is 99.9 Å². The quantitative estimate of drug-likeness (QED) is 0.249. The Morgan fingerprint density at radius 3 is 2.29 bits per heavy atom. The molecule has 2 aromatic carbocycles. The van der Waals surface area contributed by atoms with Crippen LogP contribution in [0.4, 0.5) is 0 Å². The van der Waals surface area contributed by atoms with Gasteiger partial charge in [0.1, 0.15) is 17.3 Å². The summed E-state index contributed by atoms with van der Waals surface area (Å²) in [7, 11) is 0. The molecule has 2 heterocycles. The molecule has 0 unspecified atom stereocenters. The number of hydrogen-bond acceptors (Lipinski definition) is 4. The second-order valence-corrected chi connectivity index (χ2v) is 7.41. The van der Waals surface area contributed by atoms with E-state index in [1.165, 1.54) is 24.3 Å². The lowest BCUT2D eigenvalue weighted by Gasteiger charge is -2.00. The number of furan rings is 2. The number of halogens is 2. The zero-order valence-corrected chi connectivity index (χ0v) is 17.4. The number of aromatic carboxylic acids is 1. The van der Waals surface area contributed by atoms with Crippen LogP contribution >= 0.6 is 23.2 Å². The Labute approximate surface area is 187 Å². The van der Waals surface area contributed by atoms with Gasteiger partial charge >= 0.3 is 5.97 Å². The molecule has 0 radical (unpaired) electrons. The minimum absolute atomic E-state index is 0.160. The molecule has 0 saturated heterocycles.